The summed E-state index contributed by atoms with van der Waals surface area (Å²) in [5, 5.41) is 10.9. The first-order chi connectivity index (χ1) is 12.1. The van der Waals surface area contributed by atoms with Crippen molar-refractivity contribution in [1.29, 1.82) is 0 Å². The molecule has 0 aliphatic carbocycles. The normalized spacial score (nSPS) is 11.0. The maximum absolute atomic E-state index is 10.9. The molecule has 1 aromatic heterocycles. The first-order valence-electron chi connectivity index (χ1n) is 7.76. The molecular formula is C20H17N2O3-. The van der Waals surface area contributed by atoms with Gasteiger partial charge in [0, 0.05) is 11.9 Å². The molecule has 1 heterocycles. The van der Waals surface area contributed by atoms with E-state index in [0.29, 0.717) is 5.69 Å². The van der Waals surface area contributed by atoms with Gasteiger partial charge in [-0.3, -0.25) is 4.99 Å². The Bertz CT molecular complexity index is 924. The highest BCUT2D eigenvalue weighted by atomic mass is 16.5. The highest BCUT2D eigenvalue weighted by Crippen LogP contribution is 2.21. The standard InChI is InChI=1S/C20H18N2O3/c1-14-12-15(20(23)24)5-10-19(14)21-13-17-4-3-11-22(17)16-6-8-18(25-2)9-7-16/h3-13H,1-2H3,(H,23,24)/p-1. The highest BCUT2D eigenvalue weighted by Gasteiger charge is 2.03. The molecule has 0 unspecified atom stereocenters. The number of nitrogens with zero attached hydrogens (tertiary/aromatic N) is 2. The van der Waals surface area contributed by atoms with E-state index in [0.717, 1.165) is 22.7 Å². The summed E-state index contributed by atoms with van der Waals surface area (Å²) in [4.78, 5) is 15.4. The lowest BCUT2D eigenvalue weighted by atomic mass is 10.1. The number of hydrogen-bond acceptors (Lipinski definition) is 4. The zero-order valence-corrected chi connectivity index (χ0v) is 14.0. The van der Waals surface area contributed by atoms with Crippen LogP contribution < -0.4 is 9.84 Å². The van der Waals surface area contributed by atoms with Crippen LogP contribution in [0.3, 0.4) is 0 Å². The summed E-state index contributed by atoms with van der Waals surface area (Å²) in [6, 6.07) is 16.4. The molecule has 2 aromatic carbocycles. The maximum Gasteiger partial charge on any atom is 0.119 e. The molecular weight excluding hydrogens is 316 g/mol. The van der Waals surface area contributed by atoms with Crippen LogP contribution >= 0.6 is 0 Å². The summed E-state index contributed by atoms with van der Waals surface area (Å²) in [5.41, 5.74) is 3.55. The van der Waals surface area contributed by atoms with Gasteiger partial charge in [0.15, 0.2) is 0 Å². The zero-order valence-electron chi connectivity index (χ0n) is 14.0. The fraction of sp³-hybridized carbons (Fsp3) is 0.100. The third-order valence-electron chi connectivity index (χ3n) is 3.90. The van der Waals surface area contributed by atoms with Crippen molar-refractivity contribution in [3.8, 4) is 11.4 Å². The van der Waals surface area contributed by atoms with Crippen molar-refractivity contribution < 1.29 is 14.6 Å². The summed E-state index contributed by atoms with van der Waals surface area (Å²) < 4.78 is 7.19. The quantitative estimate of drug-likeness (QED) is 0.674. The zero-order chi connectivity index (χ0) is 17.8. The van der Waals surface area contributed by atoms with Crippen molar-refractivity contribution in [2.75, 3.05) is 7.11 Å². The topological polar surface area (TPSA) is 66.7 Å². The van der Waals surface area contributed by atoms with Crippen LogP contribution in [0.25, 0.3) is 5.69 Å². The lowest BCUT2D eigenvalue weighted by Gasteiger charge is -2.08. The van der Waals surface area contributed by atoms with E-state index in [1.807, 2.05) is 54.1 Å². The molecule has 0 spiro atoms. The Kier molecular flexibility index (Phi) is 4.66. The highest BCUT2D eigenvalue weighted by molar-refractivity contribution is 5.87. The van der Waals surface area contributed by atoms with E-state index >= 15 is 0 Å². The van der Waals surface area contributed by atoms with Crippen LogP contribution in [0.2, 0.25) is 0 Å². The predicted molar refractivity (Wildman–Crippen MR) is 95.1 cm³/mol. The van der Waals surface area contributed by atoms with E-state index in [1.165, 1.54) is 6.07 Å². The van der Waals surface area contributed by atoms with Crippen LogP contribution in [-0.4, -0.2) is 23.9 Å². The Morgan fingerprint density at radius 3 is 2.56 bits per heavy atom. The van der Waals surface area contributed by atoms with Gasteiger partial charge in [-0.15, -0.1) is 0 Å². The van der Waals surface area contributed by atoms with Crippen LogP contribution in [0.1, 0.15) is 21.6 Å². The fourth-order valence-corrected chi connectivity index (χ4v) is 2.54. The predicted octanol–water partition coefficient (Wildman–Crippen LogP) is 2.91. The number of benzene rings is 2. The molecule has 0 saturated carbocycles. The second-order valence-corrected chi connectivity index (χ2v) is 5.55. The molecule has 0 aliphatic rings. The molecule has 5 heteroatoms. The van der Waals surface area contributed by atoms with Gasteiger partial charge in [-0.05, 0) is 66.6 Å². The molecule has 25 heavy (non-hydrogen) atoms. The average molecular weight is 333 g/mol. The van der Waals surface area contributed by atoms with Crippen LogP contribution in [0, 0.1) is 6.92 Å². The molecule has 0 amide bonds. The van der Waals surface area contributed by atoms with Gasteiger partial charge in [0.2, 0.25) is 0 Å². The number of carboxylic acid groups (broad SMARTS) is 1. The Morgan fingerprint density at radius 2 is 1.92 bits per heavy atom. The number of carboxylic acids is 1. The summed E-state index contributed by atoms with van der Waals surface area (Å²) >= 11 is 0. The number of aliphatic imine (C=N–C) groups is 1. The number of hydrogen-bond donors (Lipinski definition) is 0. The molecule has 0 saturated heterocycles. The van der Waals surface area contributed by atoms with Gasteiger partial charge in [-0.1, -0.05) is 6.07 Å². The Hall–Kier alpha value is -3.34. The van der Waals surface area contributed by atoms with E-state index in [2.05, 4.69) is 4.99 Å². The summed E-state index contributed by atoms with van der Waals surface area (Å²) in [5.74, 6) is -0.387. The van der Waals surface area contributed by atoms with Gasteiger partial charge in [0.05, 0.1) is 30.7 Å². The maximum atomic E-state index is 10.9. The molecule has 3 rings (SSSR count). The average Bonchev–Trinajstić information content (AvgIpc) is 3.09. The Balaban J connectivity index is 1.88. The molecule has 0 atom stereocenters. The van der Waals surface area contributed by atoms with Crippen molar-refractivity contribution in [3.05, 3.63) is 77.6 Å². The van der Waals surface area contributed by atoms with Gasteiger partial charge >= 0.3 is 0 Å². The minimum absolute atomic E-state index is 0.151. The minimum atomic E-state index is -1.19. The number of carbonyl (C=O) groups excluding carboxylic acids is 1. The number of aromatic nitrogens is 1. The van der Waals surface area contributed by atoms with Crippen molar-refractivity contribution in [3.63, 3.8) is 0 Å². The van der Waals surface area contributed by atoms with Crippen molar-refractivity contribution >= 4 is 17.9 Å². The van der Waals surface area contributed by atoms with Crippen LogP contribution in [0.4, 0.5) is 5.69 Å². The van der Waals surface area contributed by atoms with E-state index in [4.69, 9.17) is 4.74 Å². The number of ether oxygens (including phenoxy) is 1. The van der Waals surface area contributed by atoms with E-state index in [1.54, 1.807) is 25.5 Å². The number of rotatable bonds is 5. The minimum Gasteiger partial charge on any atom is -0.545 e. The van der Waals surface area contributed by atoms with Gasteiger partial charge in [-0.25, -0.2) is 0 Å². The molecule has 0 bridgehead atoms. The van der Waals surface area contributed by atoms with Gasteiger partial charge in [0.25, 0.3) is 0 Å². The van der Waals surface area contributed by atoms with Crippen LogP contribution in [0.5, 0.6) is 5.75 Å². The second-order valence-electron chi connectivity index (χ2n) is 5.55. The molecule has 0 radical (unpaired) electrons. The Labute approximate surface area is 145 Å². The lowest BCUT2D eigenvalue weighted by molar-refractivity contribution is -0.255. The summed E-state index contributed by atoms with van der Waals surface area (Å²) in [6.07, 6.45) is 3.71. The smallest absolute Gasteiger partial charge is 0.119 e. The molecule has 0 aliphatic heterocycles. The van der Waals surface area contributed by atoms with Crippen LogP contribution in [0.15, 0.2) is 65.8 Å². The van der Waals surface area contributed by atoms with Crippen LogP contribution in [-0.2, 0) is 0 Å². The molecule has 3 aromatic rings. The number of aryl methyl sites for hydroxylation is 1. The van der Waals surface area contributed by atoms with Gasteiger partial charge in [-0.2, -0.15) is 0 Å². The van der Waals surface area contributed by atoms with Crippen molar-refractivity contribution in [1.82, 2.24) is 4.57 Å². The summed E-state index contributed by atoms with van der Waals surface area (Å²) in [6.45, 7) is 1.82. The SMILES string of the molecule is COc1ccc(-n2cccc2C=Nc2ccc(C(=O)[O-])cc2C)cc1. The third-order valence-corrected chi connectivity index (χ3v) is 3.90. The lowest BCUT2D eigenvalue weighted by Crippen LogP contribution is -2.22. The number of aromatic carboxylic acids is 1. The molecule has 0 N–H and O–H groups in total. The van der Waals surface area contributed by atoms with Crippen molar-refractivity contribution in [2.45, 2.75) is 6.92 Å². The number of methoxy groups -OCH3 is 1. The van der Waals surface area contributed by atoms with Gasteiger partial charge in [0.1, 0.15) is 5.75 Å². The number of carbonyl (C=O) groups is 1. The first kappa shape index (κ1) is 16.5. The van der Waals surface area contributed by atoms with E-state index in [-0.39, 0.29) is 5.56 Å². The molecule has 126 valence electrons. The first-order valence-corrected chi connectivity index (χ1v) is 7.76. The summed E-state index contributed by atoms with van der Waals surface area (Å²) in [7, 11) is 1.64. The fourth-order valence-electron chi connectivity index (χ4n) is 2.54. The van der Waals surface area contributed by atoms with Crippen molar-refractivity contribution in [2.24, 2.45) is 4.99 Å². The molecule has 5 nitrogen and oxygen atoms in total. The van der Waals surface area contributed by atoms with Gasteiger partial charge < -0.3 is 19.2 Å². The monoisotopic (exact) mass is 333 g/mol. The largest absolute Gasteiger partial charge is 0.545 e. The van der Waals surface area contributed by atoms with E-state index in [9.17, 15) is 9.90 Å². The third kappa shape index (κ3) is 3.61. The Morgan fingerprint density at radius 1 is 1.16 bits per heavy atom. The molecule has 0 fully saturated rings. The second kappa shape index (κ2) is 7.05. The van der Waals surface area contributed by atoms with E-state index < -0.39 is 5.97 Å².